The van der Waals surface area contributed by atoms with Crippen molar-refractivity contribution in [2.45, 2.75) is 39.0 Å². The number of aromatic nitrogens is 2. The van der Waals surface area contributed by atoms with Crippen LogP contribution in [0, 0.1) is 20.3 Å². The second-order valence-electron chi connectivity index (χ2n) is 7.44. The third kappa shape index (κ3) is 2.90. The molecule has 0 saturated carbocycles. The van der Waals surface area contributed by atoms with E-state index in [0.29, 0.717) is 5.92 Å². The molecule has 4 nitrogen and oxygen atoms in total. The van der Waals surface area contributed by atoms with Crippen molar-refractivity contribution < 1.29 is 46.2 Å². The Morgan fingerprint density at radius 1 is 1.04 bits per heavy atom. The summed E-state index contributed by atoms with van der Waals surface area (Å²) >= 11 is 0. The average molecular weight is 699 g/mol. The van der Waals surface area contributed by atoms with Crippen LogP contribution in [-0.2, 0) is 37.4 Å². The summed E-state index contributed by atoms with van der Waals surface area (Å²) in [6, 6.07) is 11.1. The first-order valence-corrected chi connectivity index (χ1v) is 8.99. The Hall–Kier alpha value is -2.36. The van der Waals surface area contributed by atoms with Gasteiger partial charge in [0.25, 0.3) is 0 Å². The van der Waals surface area contributed by atoms with Crippen LogP contribution in [-0.4, -0.2) is 18.2 Å². The zero-order valence-electron chi connectivity index (χ0n) is 16.7. The second kappa shape index (κ2) is 7.58. The van der Waals surface area contributed by atoms with Crippen LogP contribution in [0.25, 0.3) is 21.8 Å². The van der Waals surface area contributed by atoms with Gasteiger partial charge in [-0.05, 0) is 25.3 Å². The molecule has 1 fully saturated rings. The number of hydrogen-bond donors (Lipinski definition) is 1. The van der Waals surface area contributed by atoms with Gasteiger partial charge in [0, 0.05) is 44.8 Å². The fraction of sp³-hybridized carbons (Fsp3) is 0.318. The molecule has 0 aliphatic carbocycles. The van der Waals surface area contributed by atoms with Crippen molar-refractivity contribution in [2.75, 3.05) is 5.32 Å². The van der Waals surface area contributed by atoms with E-state index in [1.54, 1.807) is 0 Å². The normalized spacial score (nSPS) is 24.1. The third-order valence-corrected chi connectivity index (χ3v) is 5.84. The molecule has 1 N–H and O–H groups in total. The molecule has 5 rings (SSSR count). The van der Waals surface area contributed by atoms with Crippen LogP contribution in [0.2, 0.25) is 0 Å². The van der Waals surface area contributed by atoms with E-state index < -0.39 is 0 Å². The Balaban J connectivity index is 0.000000934. The predicted molar refractivity (Wildman–Crippen MR) is 105 cm³/mol. The van der Waals surface area contributed by atoms with Gasteiger partial charge in [-0.15, -0.1) is 5.56 Å². The van der Waals surface area contributed by atoms with Gasteiger partial charge in [0.05, 0.1) is 12.3 Å². The zero-order chi connectivity index (χ0) is 17.3. The molecule has 0 bridgehead atoms. The zero-order valence-corrected chi connectivity index (χ0v) is 21.7. The van der Waals surface area contributed by atoms with Crippen molar-refractivity contribution in [1.82, 2.24) is 0 Å². The largest absolute Gasteiger partial charge is 0.459 e. The molecule has 4 aromatic rings. The summed E-state index contributed by atoms with van der Waals surface area (Å²) in [6.07, 6.45) is 4.70. The van der Waals surface area contributed by atoms with Crippen molar-refractivity contribution in [3.8, 4) is 0 Å². The van der Waals surface area contributed by atoms with Crippen LogP contribution in [0.5, 0.6) is 0 Å². The van der Waals surface area contributed by atoms with E-state index >= 15 is 0 Å². The molecule has 4 heterocycles. The van der Waals surface area contributed by atoms with Crippen LogP contribution in [0.3, 0.4) is 0 Å². The number of anilines is 1. The van der Waals surface area contributed by atoms with Gasteiger partial charge >= 0.3 is 5.95 Å². The predicted octanol–water partition coefficient (Wildman–Crippen LogP) is 3.33. The molecular weight excluding hydrogens is 673 g/mol. The van der Waals surface area contributed by atoms with Gasteiger partial charge in [-0.1, -0.05) is 30.5 Å². The summed E-state index contributed by atoms with van der Waals surface area (Å²) in [7, 11) is 0. The number of rotatable bonds is 2. The van der Waals surface area contributed by atoms with Gasteiger partial charge in [0.2, 0.25) is 0 Å². The standard InChI is InChI=1S/C21H23N3O.CH3.Lr.Y/c1-12-10-17-8-7-16-6-5-9-23-19(16)20(17)24(11-12)21(23)22-18-13(2)14(3)25-15(18)4;;;/h5-11,13-15,18,22H,1H2,2-4H3;1H3;;/q;-1;;. The number of nitrogens with one attached hydrogen (secondary N) is 1. The van der Waals surface area contributed by atoms with Gasteiger partial charge in [0.15, 0.2) is 0 Å². The second-order valence-corrected chi connectivity index (χ2v) is 7.44. The van der Waals surface area contributed by atoms with Gasteiger partial charge in [-0.3, -0.25) is 0 Å². The third-order valence-electron chi connectivity index (χ3n) is 5.84. The maximum Gasteiger partial charge on any atom is 0.459 e. The summed E-state index contributed by atoms with van der Waals surface area (Å²) in [5, 5.41) is 6.25. The SMILES string of the molecule is [CH2-]c1cc2ccc3ccc[n+]4c3c2[n+](c1)[c-]4NC1C(C)OC(C)C1C.[CH3-].[Lr].[Y]. The van der Waals surface area contributed by atoms with Crippen LogP contribution in [0.15, 0.2) is 42.7 Å². The van der Waals surface area contributed by atoms with Crippen molar-refractivity contribution in [2.24, 2.45) is 5.92 Å². The van der Waals surface area contributed by atoms with Gasteiger partial charge in [-0.25, -0.2) is 14.1 Å². The van der Waals surface area contributed by atoms with Crippen molar-refractivity contribution in [3.63, 3.8) is 0 Å². The van der Waals surface area contributed by atoms with E-state index in [4.69, 9.17) is 4.74 Å². The summed E-state index contributed by atoms with van der Waals surface area (Å²) in [5.41, 5.74) is 3.49. The van der Waals surface area contributed by atoms with E-state index in [0.717, 1.165) is 11.5 Å². The molecule has 154 valence electrons. The Morgan fingerprint density at radius 2 is 1.71 bits per heavy atom. The van der Waals surface area contributed by atoms with E-state index in [-0.39, 0.29) is 58.4 Å². The molecule has 6 heteroatoms. The minimum Gasteiger partial charge on any atom is -0.370 e. The summed E-state index contributed by atoms with van der Waals surface area (Å²) in [6.45, 7) is 10.7. The molecule has 1 aliphatic heterocycles. The molecule has 0 amide bonds. The summed E-state index contributed by atoms with van der Waals surface area (Å²) in [4.78, 5) is 0. The smallest absolute Gasteiger partial charge is 0.370 e. The maximum atomic E-state index is 6.04. The van der Waals surface area contributed by atoms with Gasteiger partial charge in [0.1, 0.15) is 23.2 Å². The Kier molecular flexibility index (Phi) is 5.94. The molecule has 1 aromatic carbocycles. The van der Waals surface area contributed by atoms with E-state index in [1.807, 2.05) is 0 Å². The Bertz CT molecular complexity index is 1100. The fourth-order valence-electron chi connectivity index (χ4n) is 4.41. The topological polar surface area (TPSA) is 29.5 Å². The summed E-state index contributed by atoms with van der Waals surface area (Å²) in [5.74, 6) is 1.52. The molecule has 1 saturated heterocycles. The molecule has 2 radical (unpaired) electrons. The Labute approximate surface area is 186 Å². The molecule has 1 aliphatic rings. The van der Waals surface area contributed by atoms with E-state index in [2.05, 4.69) is 84.5 Å². The minimum atomic E-state index is 0. The van der Waals surface area contributed by atoms with Gasteiger partial charge in [-0.2, -0.15) is 13.0 Å². The van der Waals surface area contributed by atoms with Crippen LogP contribution in [0.4, 0.5) is 5.95 Å². The average Bonchev–Trinajstić information content (AvgIpc) is 3.03. The monoisotopic (exact) mass is 699 g/mol. The first kappa shape index (κ1) is 21.9. The van der Waals surface area contributed by atoms with Gasteiger partial charge < -0.3 is 12.2 Å². The van der Waals surface area contributed by atoms with Crippen LogP contribution in [0.1, 0.15) is 26.3 Å². The Morgan fingerprint density at radius 3 is 2.39 bits per heavy atom. The first-order valence-electron chi connectivity index (χ1n) is 8.99. The number of benzene rings is 1. The molecule has 28 heavy (non-hydrogen) atoms. The quantitative estimate of drug-likeness (QED) is 0.198. The van der Waals surface area contributed by atoms with E-state index in [9.17, 15) is 0 Å². The first-order chi connectivity index (χ1) is 12.0. The minimum absolute atomic E-state index is 0. The fourth-order valence-corrected chi connectivity index (χ4v) is 4.41. The van der Waals surface area contributed by atoms with E-state index in [1.165, 1.54) is 21.8 Å². The molecular formula is C22H26LrN3OY-. The summed E-state index contributed by atoms with van der Waals surface area (Å²) < 4.78 is 10.6. The number of imidazole rings is 1. The van der Waals surface area contributed by atoms with Crippen molar-refractivity contribution in [1.29, 1.82) is 0 Å². The maximum absolute atomic E-state index is 6.04. The number of nitrogens with zero attached hydrogens (tertiary/aromatic N) is 2. The van der Waals surface area contributed by atoms with Crippen molar-refractivity contribution in [3.05, 3.63) is 62.6 Å². The van der Waals surface area contributed by atoms with Crippen LogP contribution < -0.4 is 14.1 Å². The molecule has 4 atom stereocenters. The molecule has 4 unspecified atom stereocenters. The number of hydrogen-bond acceptors (Lipinski definition) is 2. The molecule has 3 aromatic heterocycles. The molecule has 0 spiro atoms. The van der Waals surface area contributed by atoms with Crippen molar-refractivity contribution >= 4 is 27.8 Å². The van der Waals surface area contributed by atoms with Crippen LogP contribution >= 0.6 is 0 Å². The number of pyridine rings is 2. The number of ether oxygens (including phenoxy) is 1.